The second kappa shape index (κ2) is 5.47. The SMILES string of the molecule is O=S(=O)(C1CC1)N1CCC(Nc2nc3ccccc3s2)CC1. The largest absolute Gasteiger partial charge is 0.359 e. The smallest absolute Gasteiger partial charge is 0.216 e. The molecule has 0 radical (unpaired) electrons. The van der Waals surface area contributed by atoms with E-state index in [4.69, 9.17) is 0 Å². The quantitative estimate of drug-likeness (QED) is 0.932. The van der Waals surface area contributed by atoms with Crippen LogP contribution in [0.15, 0.2) is 24.3 Å². The summed E-state index contributed by atoms with van der Waals surface area (Å²) in [5, 5.41) is 4.31. The first-order chi connectivity index (χ1) is 10.6. The van der Waals surface area contributed by atoms with Crippen molar-refractivity contribution in [2.75, 3.05) is 18.4 Å². The second-order valence-electron chi connectivity index (χ2n) is 6.05. The number of piperidine rings is 1. The first-order valence-corrected chi connectivity index (χ1v) is 10.1. The number of aromatic nitrogens is 1. The molecule has 2 aromatic rings. The van der Waals surface area contributed by atoms with Crippen molar-refractivity contribution >= 4 is 36.7 Å². The van der Waals surface area contributed by atoms with E-state index in [0.29, 0.717) is 19.1 Å². The zero-order valence-electron chi connectivity index (χ0n) is 12.2. The molecule has 5 nitrogen and oxygen atoms in total. The molecular formula is C15H19N3O2S2. The molecule has 2 aliphatic rings. The molecule has 1 saturated heterocycles. The Kier molecular flexibility index (Phi) is 3.58. The van der Waals surface area contributed by atoms with Gasteiger partial charge in [-0.25, -0.2) is 17.7 Å². The van der Waals surface area contributed by atoms with Crippen LogP contribution in [0.5, 0.6) is 0 Å². The normalized spacial score (nSPS) is 21.3. The molecule has 1 N–H and O–H groups in total. The number of hydrogen-bond donors (Lipinski definition) is 1. The summed E-state index contributed by atoms with van der Waals surface area (Å²) >= 11 is 1.66. The fraction of sp³-hybridized carbons (Fsp3) is 0.533. The van der Waals surface area contributed by atoms with Gasteiger partial charge in [-0.3, -0.25) is 0 Å². The number of para-hydroxylation sites is 1. The van der Waals surface area contributed by atoms with Crippen LogP contribution in [0.25, 0.3) is 10.2 Å². The van der Waals surface area contributed by atoms with E-state index in [-0.39, 0.29) is 5.25 Å². The van der Waals surface area contributed by atoms with Crippen LogP contribution < -0.4 is 5.32 Å². The fourth-order valence-electron chi connectivity index (χ4n) is 2.94. The van der Waals surface area contributed by atoms with Crippen molar-refractivity contribution in [3.63, 3.8) is 0 Å². The summed E-state index contributed by atoms with van der Waals surface area (Å²) in [5.41, 5.74) is 1.02. The summed E-state index contributed by atoms with van der Waals surface area (Å²) in [5.74, 6) is 0. The van der Waals surface area contributed by atoms with Crippen LogP contribution in [0.3, 0.4) is 0 Å². The van der Waals surface area contributed by atoms with Crippen molar-refractivity contribution in [1.29, 1.82) is 0 Å². The van der Waals surface area contributed by atoms with Crippen molar-refractivity contribution in [3.8, 4) is 0 Å². The highest BCUT2D eigenvalue weighted by Crippen LogP contribution is 2.33. The Morgan fingerprint density at radius 1 is 1.14 bits per heavy atom. The Morgan fingerprint density at radius 3 is 2.55 bits per heavy atom. The van der Waals surface area contributed by atoms with Crippen LogP contribution in [0, 0.1) is 0 Å². The molecule has 0 bridgehead atoms. The Balaban J connectivity index is 1.39. The highest BCUT2D eigenvalue weighted by Gasteiger charge is 2.41. The zero-order chi connectivity index (χ0) is 15.2. The van der Waals surface area contributed by atoms with Crippen LogP contribution in [-0.4, -0.2) is 42.1 Å². The van der Waals surface area contributed by atoms with Gasteiger partial charge in [0.2, 0.25) is 10.0 Å². The number of sulfonamides is 1. The highest BCUT2D eigenvalue weighted by atomic mass is 32.2. The van der Waals surface area contributed by atoms with Gasteiger partial charge >= 0.3 is 0 Å². The van der Waals surface area contributed by atoms with Gasteiger partial charge in [0.15, 0.2) is 5.13 Å². The lowest BCUT2D eigenvalue weighted by atomic mass is 10.1. The second-order valence-corrected chi connectivity index (χ2v) is 9.29. The number of nitrogens with zero attached hydrogens (tertiary/aromatic N) is 2. The molecule has 1 aliphatic heterocycles. The average Bonchev–Trinajstić information content (AvgIpc) is 3.29. The summed E-state index contributed by atoms with van der Waals surface area (Å²) in [4.78, 5) is 4.59. The number of rotatable bonds is 4. The predicted octanol–water partition coefficient (Wildman–Crippen LogP) is 2.66. The number of benzene rings is 1. The minimum Gasteiger partial charge on any atom is -0.359 e. The molecule has 118 valence electrons. The van der Waals surface area contributed by atoms with E-state index in [1.54, 1.807) is 15.6 Å². The van der Waals surface area contributed by atoms with E-state index in [1.807, 2.05) is 18.2 Å². The van der Waals surface area contributed by atoms with Crippen LogP contribution in [0.4, 0.5) is 5.13 Å². The van der Waals surface area contributed by atoms with Crippen molar-refractivity contribution in [2.24, 2.45) is 0 Å². The number of nitrogens with one attached hydrogen (secondary N) is 1. The Hall–Kier alpha value is -1.18. The van der Waals surface area contributed by atoms with E-state index < -0.39 is 10.0 Å². The molecule has 7 heteroatoms. The van der Waals surface area contributed by atoms with E-state index >= 15 is 0 Å². The standard InChI is InChI=1S/C15H19N3O2S2/c19-22(20,12-5-6-12)18-9-7-11(8-10-18)16-15-17-13-3-1-2-4-14(13)21-15/h1-4,11-12H,5-10H2,(H,16,17). The number of anilines is 1. The van der Waals surface area contributed by atoms with E-state index in [2.05, 4.69) is 16.4 Å². The zero-order valence-corrected chi connectivity index (χ0v) is 13.9. The summed E-state index contributed by atoms with van der Waals surface area (Å²) in [7, 11) is -3.01. The van der Waals surface area contributed by atoms with Crippen LogP contribution >= 0.6 is 11.3 Å². The number of fused-ring (bicyclic) bond motifs is 1. The van der Waals surface area contributed by atoms with Gasteiger partial charge in [-0.2, -0.15) is 0 Å². The van der Waals surface area contributed by atoms with E-state index in [9.17, 15) is 8.42 Å². The molecule has 1 aliphatic carbocycles. The summed E-state index contributed by atoms with van der Waals surface area (Å²) in [6, 6.07) is 8.41. The monoisotopic (exact) mass is 337 g/mol. The Bertz CT molecular complexity index is 742. The molecule has 1 aromatic carbocycles. The lowest BCUT2D eigenvalue weighted by Gasteiger charge is -2.31. The first-order valence-electron chi connectivity index (χ1n) is 7.74. The fourth-order valence-corrected chi connectivity index (χ4v) is 5.76. The third kappa shape index (κ3) is 2.73. The molecule has 2 heterocycles. The lowest BCUT2D eigenvalue weighted by Crippen LogP contribution is -2.43. The number of thiazole rings is 1. The van der Waals surface area contributed by atoms with Crippen LogP contribution in [0.2, 0.25) is 0 Å². The minimum atomic E-state index is -3.01. The molecule has 1 aromatic heterocycles. The topological polar surface area (TPSA) is 62.3 Å². The van der Waals surface area contributed by atoms with Crippen molar-refractivity contribution < 1.29 is 8.42 Å². The molecule has 2 fully saturated rings. The number of hydrogen-bond acceptors (Lipinski definition) is 5. The highest BCUT2D eigenvalue weighted by molar-refractivity contribution is 7.90. The van der Waals surface area contributed by atoms with Gasteiger partial charge in [0.25, 0.3) is 0 Å². The predicted molar refractivity (Wildman–Crippen MR) is 89.8 cm³/mol. The third-order valence-electron chi connectivity index (χ3n) is 4.38. The van der Waals surface area contributed by atoms with Gasteiger partial charge in [0, 0.05) is 19.1 Å². The molecular weight excluding hydrogens is 318 g/mol. The van der Waals surface area contributed by atoms with Crippen LogP contribution in [-0.2, 0) is 10.0 Å². The third-order valence-corrected chi connectivity index (χ3v) is 7.75. The lowest BCUT2D eigenvalue weighted by molar-refractivity contribution is 0.329. The Morgan fingerprint density at radius 2 is 1.86 bits per heavy atom. The molecule has 1 saturated carbocycles. The maximum Gasteiger partial charge on any atom is 0.216 e. The average molecular weight is 337 g/mol. The van der Waals surface area contributed by atoms with Gasteiger partial charge in [0.1, 0.15) is 0 Å². The van der Waals surface area contributed by atoms with Crippen molar-refractivity contribution in [2.45, 2.75) is 37.0 Å². The Labute approximate surface area is 134 Å². The minimum absolute atomic E-state index is 0.0960. The molecule has 4 rings (SSSR count). The van der Waals surface area contributed by atoms with Gasteiger partial charge in [-0.1, -0.05) is 23.5 Å². The van der Waals surface area contributed by atoms with E-state index in [1.165, 1.54) is 4.70 Å². The molecule has 22 heavy (non-hydrogen) atoms. The van der Waals surface area contributed by atoms with Gasteiger partial charge in [0.05, 0.1) is 15.5 Å². The first kappa shape index (κ1) is 14.4. The molecule has 0 unspecified atom stereocenters. The van der Waals surface area contributed by atoms with Crippen molar-refractivity contribution in [1.82, 2.24) is 9.29 Å². The van der Waals surface area contributed by atoms with Gasteiger partial charge < -0.3 is 5.32 Å². The summed E-state index contributed by atoms with van der Waals surface area (Å²) < 4.78 is 27.3. The van der Waals surface area contributed by atoms with E-state index in [0.717, 1.165) is 36.3 Å². The van der Waals surface area contributed by atoms with Gasteiger partial charge in [-0.15, -0.1) is 0 Å². The van der Waals surface area contributed by atoms with Crippen molar-refractivity contribution in [3.05, 3.63) is 24.3 Å². The maximum absolute atomic E-state index is 12.2. The molecule has 0 atom stereocenters. The maximum atomic E-state index is 12.2. The van der Waals surface area contributed by atoms with Crippen LogP contribution in [0.1, 0.15) is 25.7 Å². The van der Waals surface area contributed by atoms with Gasteiger partial charge in [-0.05, 0) is 37.8 Å². The summed E-state index contributed by atoms with van der Waals surface area (Å²) in [6.07, 6.45) is 3.38. The molecule has 0 spiro atoms. The molecule has 0 amide bonds. The summed E-state index contributed by atoms with van der Waals surface area (Å²) in [6.45, 7) is 1.25.